The van der Waals surface area contributed by atoms with Gasteiger partial charge in [-0.3, -0.25) is 9.69 Å². The maximum atomic E-state index is 12.3. The molecule has 0 unspecified atom stereocenters. The summed E-state index contributed by atoms with van der Waals surface area (Å²) in [5, 5.41) is 11.9. The van der Waals surface area contributed by atoms with Crippen molar-refractivity contribution >= 4 is 5.91 Å². The van der Waals surface area contributed by atoms with Crippen LogP contribution >= 0.6 is 0 Å². The van der Waals surface area contributed by atoms with Crippen LogP contribution in [0.3, 0.4) is 0 Å². The van der Waals surface area contributed by atoms with Gasteiger partial charge in [0.25, 0.3) is 0 Å². The van der Waals surface area contributed by atoms with Crippen LogP contribution in [0.1, 0.15) is 19.3 Å². The Morgan fingerprint density at radius 3 is 2.50 bits per heavy atom. The van der Waals surface area contributed by atoms with Gasteiger partial charge >= 0.3 is 0 Å². The van der Waals surface area contributed by atoms with E-state index in [9.17, 15) is 4.79 Å². The SMILES string of the molecule is N#CCCN1CCN(C(=O)C2CCNCC2)CC1. The van der Waals surface area contributed by atoms with Gasteiger partial charge in [-0.05, 0) is 25.9 Å². The van der Waals surface area contributed by atoms with Crippen LogP contribution in [0.5, 0.6) is 0 Å². The van der Waals surface area contributed by atoms with Crippen molar-refractivity contribution in [2.75, 3.05) is 45.8 Å². The molecule has 18 heavy (non-hydrogen) atoms. The summed E-state index contributed by atoms with van der Waals surface area (Å²) in [4.78, 5) is 16.6. The molecule has 5 nitrogen and oxygen atoms in total. The Kier molecular flexibility index (Phi) is 4.97. The molecule has 1 amide bonds. The minimum atomic E-state index is 0.233. The Morgan fingerprint density at radius 2 is 1.89 bits per heavy atom. The molecule has 0 atom stereocenters. The summed E-state index contributed by atoms with van der Waals surface area (Å²) < 4.78 is 0. The fourth-order valence-corrected chi connectivity index (χ4v) is 2.73. The zero-order valence-electron chi connectivity index (χ0n) is 10.9. The van der Waals surface area contributed by atoms with Gasteiger partial charge in [0.15, 0.2) is 0 Å². The minimum absolute atomic E-state index is 0.233. The van der Waals surface area contributed by atoms with E-state index in [-0.39, 0.29) is 5.92 Å². The van der Waals surface area contributed by atoms with Gasteiger partial charge in [-0.25, -0.2) is 0 Å². The summed E-state index contributed by atoms with van der Waals surface area (Å²) in [6.07, 6.45) is 2.54. The molecule has 0 aromatic rings. The van der Waals surface area contributed by atoms with E-state index < -0.39 is 0 Å². The first-order valence-electron chi connectivity index (χ1n) is 6.90. The molecule has 2 aliphatic rings. The summed E-state index contributed by atoms with van der Waals surface area (Å²) in [6.45, 7) is 6.27. The molecule has 0 spiro atoms. The number of carbonyl (C=O) groups is 1. The highest BCUT2D eigenvalue weighted by Crippen LogP contribution is 2.16. The molecule has 2 rings (SSSR count). The topological polar surface area (TPSA) is 59.4 Å². The molecular weight excluding hydrogens is 228 g/mol. The number of hydrogen-bond donors (Lipinski definition) is 1. The lowest BCUT2D eigenvalue weighted by molar-refractivity contribution is -0.138. The van der Waals surface area contributed by atoms with Gasteiger partial charge in [-0.1, -0.05) is 0 Å². The number of nitrogens with one attached hydrogen (secondary N) is 1. The van der Waals surface area contributed by atoms with Gasteiger partial charge in [0, 0.05) is 45.1 Å². The van der Waals surface area contributed by atoms with E-state index >= 15 is 0 Å². The third-order valence-electron chi connectivity index (χ3n) is 3.91. The molecule has 2 heterocycles. The van der Waals surface area contributed by atoms with E-state index in [1.165, 1.54) is 0 Å². The molecule has 0 saturated carbocycles. The zero-order chi connectivity index (χ0) is 12.8. The maximum absolute atomic E-state index is 12.3. The van der Waals surface area contributed by atoms with Gasteiger partial charge in [0.05, 0.1) is 6.07 Å². The van der Waals surface area contributed by atoms with Crippen molar-refractivity contribution < 1.29 is 4.79 Å². The van der Waals surface area contributed by atoms with Crippen molar-refractivity contribution in [3.05, 3.63) is 0 Å². The monoisotopic (exact) mass is 250 g/mol. The van der Waals surface area contributed by atoms with Crippen LogP contribution in [-0.4, -0.2) is 61.5 Å². The molecule has 0 aromatic heterocycles. The molecule has 0 aliphatic carbocycles. The Balaban J connectivity index is 1.75. The van der Waals surface area contributed by atoms with E-state index in [2.05, 4.69) is 16.3 Å². The number of rotatable bonds is 3. The number of nitriles is 1. The highest BCUT2D eigenvalue weighted by molar-refractivity contribution is 5.79. The summed E-state index contributed by atoms with van der Waals surface area (Å²) in [6, 6.07) is 2.17. The molecule has 100 valence electrons. The van der Waals surface area contributed by atoms with Crippen LogP contribution in [0.2, 0.25) is 0 Å². The van der Waals surface area contributed by atoms with Crippen LogP contribution < -0.4 is 5.32 Å². The molecule has 2 saturated heterocycles. The lowest BCUT2D eigenvalue weighted by atomic mass is 9.96. The number of piperidine rings is 1. The summed E-state index contributed by atoms with van der Waals surface area (Å²) in [5.74, 6) is 0.577. The molecule has 2 aliphatic heterocycles. The Morgan fingerprint density at radius 1 is 1.22 bits per heavy atom. The fraction of sp³-hybridized carbons (Fsp3) is 0.846. The second kappa shape index (κ2) is 6.72. The maximum Gasteiger partial charge on any atom is 0.225 e. The van der Waals surface area contributed by atoms with Crippen LogP contribution in [0, 0.1) is 17.2 Å². The predicted molar refractivity (Wildman–Crippen MR) is 68.8 cm³/mol. The third-order valence-corrected chi connectivity index (χ3v) is 3.91. The van der Waals surface area contributed by atoms with Crippen molar-refractivity contribution in [2.24, 2.45) is 5.92 Å². The van der Waals surface area contributed by atoms with E-state index in [0.717, 1.165) is 58.7 Å². The normalized spacial score (nSPS) is 22.7. The van der Waals surface area contributed by atoms with Gasteiger partial charge < -0.3 is 10.2 Å². The van der Waals surface area contributed by atoms with E-state index in [4.69, 9.17) is 5.26 Å². The first-order valence-corrected chi connectivity index (χ1v) is 6.90. The van der Waals surface area contributed by atoms with Crippen molar-refractivity contribution in [3.63, 3.8) is 0 Å². The number of amides is 1. The van der Waals surface area contributed by atoms with Crippen LogP contribution in [0.25, 0.3) is 0 Å². The molecule has 0 bridgehead atoms. The van der Waals surface area contributed by atoms with E-state index in [1.54, 1.807) is 0 Å². The van der Waals surface area contributed by atoms with E-state index in [0.29, 0.717) is 12.3 Å². The zero-order valence-corrected chi connectivity index (χ0v) is 10.9. The number of hydrogen-bond acceptors (Lipinski definition) is 4. The van der Waals surface area contributed by atoms with Crippen LogP contribution in [0.15, 0.2) is 0 Å². The van der Waals surface area contributed by atoms with Gasteiger partial charge in [-0.2, -0.15) is 5.26 Å². The molecule has 0 radical (unpaired) electrons. The number of piperazine rings is 1. The van der Waals surface area contributed by atoms with Gasteiger partial charge in [0.1, 0.15) is 0 Å². The standard InChI is InChI=1S/C13H22N4O/c14-4-1-7-16-8-10-17(11-9-16)13(18)12-2-5-15-6-3-12/h12,15H,1-3,5-11H2. The van der Waals surface area contributed by atoms with Crippen molar-refractivity contribution in [1.82, 2.24) is 15.1 Å². The predicted octanol–water partition coefficient (Wildman–Crippen LogP) is 0.0439. The molecule has 1 N–H and O–H groups in total. The highest BCUT2D eigenvalue weighted by Gasteiger charge is 2.28. The highest BCUT2D eigenvalue weighted by atomic mass is 16.2. The largest absolute Gasteiger partial charge is 0.340 e. The fourth-order valence-electron chi connectivity index (χ4n) is 2.73. The Hall–Kier alpha value is -1.12. The smallest absolute Gasteiger partial charge is 0.225 e. The first-order chi connectivity index (χ1) is 8.81. The lowest BCUT2D eigenvalue weighted by Crippen LogP contribution is -2.51. The number of nitrogens with zero attached hydrogens (tertiary/aromatic N) is 3. The van der Waals surface area contributed by atoms with Crippen molar-refractivity contribution in [2.45, 2.75) is 19.3 Å². The van der Waals surface area contributed by atoms with E-state index in [1.807, 2.05) is 4.90 Å². The average molecular weight is 250 g/mol. The number of carbonyl (C=O) groups excluding carboxylic acids is 1. The quantitative estimate of drug-likeness (QED) is 0.768. The average Bonchev–Trinajstić information content (AvgIpc) is 2.46. The molecular formula is C13H22N4O. The van der Waals surface area contributed by atoms with Crippen molar-refractivity contribution in [3.8, 4) is 6.07 Å². The molecule has 5 heteroatoms. The van der Waals surface area contributed by atoms with Crippen LogP contribution in [0.4, 0.5) is 0 Å². The van der Waals surface area contributed by atoms with Gasteiger partial charge in [-0.15, -0.1) is 0 Å². The third kappa shape index (κ3) is 3.44. The minimum Gasteiger partial charge on any atom is -0.340 e. The summed E-state index contributed by atoms with van der Waals surface area (Å²) in [5.41, 5.74) is 0. The second-order valence-corrected chi connectivity index (χ2v) is 5.10. The summed E-state index contributed by atoms with van der Waals surface area (Å²) in [7, 11) is 0. The lowest BCUT2D eigenvalue weighted by Gasteiger charge is -2.37. The van der Waals surface area contributed by atoms with Gasteiger partial charge in [0.2, 0.25) is 5.91 Å². The second-order valence-electron chi connectivity index (χ2n) is 5.10. The van der Waals surface area contributed by atoms with Crippen LogP contribution in [-0.2, 0) is 4.79 Å². The Bertz CT molecular complexity index is 311. The van der Waals surface area contributed by atoms with Crippen molar-refractivity contribution in [1.29, 1.82) is 5.26 Å². The Labute approximate surface area is 109 Å². The molecule has 2 fully saturated rings. The molecule has 0 aromatic carbocycles. The first kappa shape index (κ1) is 13.3. The summed E-state index contributed by atoms with van der Waals surface area (Å²) >= 11 is 0.